The SMILES string of the molecule is Cc1ccc(C(=O)N2CCN(CC(=O)N3CCCCC3C)CC2)c(C)c1. The largest absolute Gasteiger partial charge is 0.339 e. The lowest BCUT2D eigenvalue weighted by Crippen LogP contribution is -2.53. The summed E-state index contributed by atoms with van der Waals surface area (Å²) in [7, 11) is 0. The highest BCUT2D eigenvalue weighted by molar-refractivity contribution is 5.95. The fourth-order valence-corrected chi connectivity index (χ4v) is 4.08. The maximum atomic E-state index is 12.8. The van der Waals surface area contributed by atoms with Gasteiger partial charge in [-0.2, -0.15) is 0 Å². The molecular formula is C21H31N3O2. The number of piperidine rings is 1. The van der Waals surface area contributed by atoms with Crippen LogP contribution in [-0.4, -0.2) is 71.8 Å². The molecule has 1 unspecified atom stereocenters. The van der Waals surface area contributed by atoms with Crippen molar-refractivity contribution in [1.29, 1.82) is 0 Å². The molecule has 0 bridgehead atoms. The maximum absolute atomic E-state index is 12.8. The molecular weight excluding hydrogens is 326 g/mol. The van der Waals surface area contributed by atoms with E-state index in [1.54, 1.807) is 0 Å². The van der Waals surface area contributed by atoms with E-state index in [1.807, 2.05) is 35.8 Å². The van der Waals surface area contributed by atoms with Crippen LogP contribution in [0.5, 0.6) is 0 Å². The normalized spacial score (nSPS) is 21.7. The summed E-state index contributed by atoms with van der Waals surface area (Å²) in [6.45, 7) is 10.5. The van der Waals surface area contributed by atoms with Gasteiger partial charge in [-0.15, -0.1) is 0 Å². The number of likely N-dealkylation sites (tertiary alicyclic amines) is 1. The Hall–Kier alpha value is -1.88. The zero-order chi connectivity index (χ0) is 18.7. The van der Waals surface area contributed by atoms with Crippen LogP contribution >= 0.6 is 0 Å². The molecule has 142 valence electrons. The molecule has 0 radical (unpaired) electrons. The number of carbonyl (C=O) groups is 2. The Morgan fingerprint density at radius 2 is 1.77 bits per heavy atom. The Morgan fingerprint density at radius 3 is 2.42 bits per heavy atom. The van der Waals surface area contributed by atoms with Crippen LogP contribution in [0.3, 0.4) is 0 Å². The predicted molar refractivity (Wildman–Crippen MR) is 103 cm³/mol. The van der Waals surface area contributed by atoms with Crippen molar-refractivity contribution in [2.75, 3.05) is 39.3 Å². The summed E-state index contributed by atoms with van der Waals surface area (Å²) in [5.41, 5.74) is 3.00. The van der Waals surface area contributed by atoms with Gasteiger partial charge in [-0.3, -0.25) is 14.5 Å². The van der Waals surface area contributed by atoms with Gasteiger partial charge in [0.1, 0.15) is 0 Å². The van der Waals surface area contributed by atoms with Crippen molar-refractivity contribution in [2.45, 2.75) is 46.1 Å². The number of aryl methyl sites for hydroxylation is 2. The molecule has 1 atom stereocenters. The van der Waals surface area contributed by atoms with Gasteiger partial charge < -0.3 is 9.80 Å². The molecule has 26 heavy (non-hydrogen) atoms. The topological polar surface area (TPSA) is 43.9 Å². The molecule has 1 aromatic carbocycles. The molecule has 0 spiro atoms. The lowest BCUT2D eigenvalue weighted by atomic mass is 10.0. The van der Waals surface area contributed by atoms with Crippen molar-refractivity contribution < 1.29 is 9.59 Å². The molecule has 0 aliphatic carbocycles. The molecule has 2 fully saturated rings. The quantitative estimate of drug-likeness (QED) is 0.835. The number of rotatable bonds is 3. The van der Waals surface area contributed by atoms with Crippen LogP contribution in [0.4, 0.5) is 0 Å². The number of amides is 2. The lowest BCUT2D eigenvalue weighted by molar-refractivity contribution is -0.136. The molecule has 3 rings (SSSR count). The summed E-state index contributed by atoms with van der Waals surface area (Å²) < 4.78 is 0. The summed E-state index contributed by atoms with van der Waals surface area (Å²) >= 11 is 0. The molecule has 0 aromatic heterocycles. The fraction of sp³-hybridized carbons (Fsp3) is 0.619. The number of carbonyl (C=O) groups excluding carboxylic acids is 2. The standard InChI is InChI=1S/C21H31N3O2/c1-16-7-8-19(17(2)14-16)21(26)23-12-10-22(11-13-23)15-20(25)24-9-5-4-6-18(24)3/h7-8,14,18H,4-6,9-13,15H2,1-3H3. The van der Waals surface area contributed by atoms with Crippen molar-refractivity contribution >= 4 is 11.8 Å². The number of piperazine rings is 1. The zero-order valence-corrected chi connectivity index (χ0v) is 16.3. The molecule has 5 heteroatoms. The average molecular weight is 357 g/mol. The van der Waals surface area contributed by atoms with Gasteiger partial charge in [0.05, 0.1) is 6.54 Å². The van der Waals surface area contributed by atoms with Crippen molar-refractivity contribution in [3.63, 3.8) is 0 Å². The van der Waals surface area contributed by atoms with E-state index < -0.39 is 0 Å². The van der Waals surface area contributed by atoms with Gasteiger partial charge in [0.2, 0.25) is 5.91 Å². The first-order chi connectivity index (χ1) is 12.5. The first-order valence-corrected chi connectivity index (χ1v) is 9.84. The molecule has 0 saturated carbocycles. The van der Waals surface area contributed by atoms with Crippen molar-refractivity contribution in [2.24, 2.45) is 0 Å². The van der Waals surface area contributed by atoms with E-state index in [1.165, 1.54) is 12.0 Å². The van der Waals surface area contributed by atoms with E-state index in [0.717, 1.165) is 43.6 Å². The van der Waals surface area contributed by atoms with Crippen LogP contribution < -0.4 is 0 Å². The third-order valence-corrected chi connectivity index (χ3v) is 5.75. The highest BCUT2D eigenvalue weighted by Gasteiger charge is 2.27. The minimum absolute atomic E-state index is 0.109. The number of nitrogens with zero attached hydrogens (tertiary/aromatic N) is 3. The second kappa shape index (κ2) is 8.21. The van der Waals surface area contributed by atoms with Crippen molar-refractivity contribution in [1.82, 2.24) is 14.7 Å². The molecule has 2 saturated heterocycles. The Bertz CT molecular complexity index is 665. The van der Waals surface area contributed by atoms with Gasteiger partial charge in [-0.25, -0.2) is 0 Å². The van der Waals surface area contributed by atoms with Gasteiger partial charge in [0, 0.05) is 44.3 Å². The molecule has 2 aliphatic rings. The molecule has 0 N–H and O–H groups in total. The zero-order valence-electron chi connectivity index (χ0n) is 16.3. The first-order valence-electron chi connectivity index (χ1n) is 9.84. The Morgan fingerprint density at radius 1 is 1.04 bits per heavy atom. The lowest BCUT2D eigenvalue weighted by Gasteiger charge is -2.38. The van der Waals surface area contributed by atoms with E-state index in [9.17, 15) is 9.59 Å². The summed E-state index contributed by atoms with van der Waals surface area (Å²) in [6, 6.07) is 6.35. The Balaban J connectivity index is 1.52. The van der Waals surface area contributed by atoms with Crippen LogP contribution in [0.15, 0.2) is 18.2 Å². The Labute approximate surface area is 156 Å². The van der Waals surface area contributed by atoms with E-state index in [0.29, 0.717) is 25.7 Å². The third-order valence-electron chi connectivity index (χ3n) is 5.75. The van der Waals surface area contributed by atoms with E-state index in [2.05, 4.69) is 17.9 Å². The minimum Gasteiger partial charge on any atom is -0.339 e. The molecule has 2 amide bonds. The van der Waals surface area contributed by atoms with E-state index in [4.69, 9.17) is 0 Å². The minimum atomic E-state index is 0.109. The smallest absolute Gasteiger partial charge is 0.254 e. The van der Waals surface area contributed by atoms with Gasteiger partial charge >= 0.3 is 0 Å². The van der Waals surface area contributed by atoms with Gasteiger partial charge in [-0.1, -0.05) is 17.7 Å². The average Bonchev–Trinajstić information content (AvgIpc) is 2.62. The highest BCUT2D eigenvalue weighted by atomic mass is 16.2. The van der Waals surface area contributed by atoms with Crippen molar-refractivity contribution in [3.8, 4) is 0 Å². The van der Waals surface area contributed by atoms with Gasteiger partial charge in [-0.05, 0) is 51.7 Å². The molecule has 2 heterocycles. The fourth-order valence-electron chi connectivity index (χ4n) is 4.08. The summed E-state index contributed by atoms with van der Waals surface area (Å²) in [5, 5.41) is 0. The van der Waals surface area contributed by atoms with Gasteiger partial charge in [0.25, 0.3) is 5.91 Å². The molecule has 1 aromatic rings. The number of benzene rings is 1. The molecule has 5 nitrogen and oxygen atoms in total. The Kier molecular flexibility index (Phi) is 5.97. The predicted octanol–water partition coefficient (Wildman–Crippen LogP) is 2.46. The summed E-state index contributed by atoms with van der Waals surface area (Å²) in [4.78, 5) is 31.5. The van der Waals surface area contributed by atoms with Crippen LogP contribution in [0.2, 0.25) is 0 Å². The van der Waals surface area contributed by atoms with Crippen molar-refractivity contribution in [3.05, 3.63) is 34.9 Å². The maximum Gasteiger partial charge on any atom is 0.254 e. The van der Waals surface area contributed by atoms with Gasteiger partial charge in [0.15, 0.2) is 0 Å². The number of hydrogen-bond acceptors (Lipinski definition) is 3. The summed E-state index contributed by atoms with van der Waals surface area (Å²) in [5.74, 6) is 0.351. The monoisotopic (exact) mass is 357 g/mol. The first kappa shape index (κ1) is 18.9. The summed E-state index contributed by atoms with van der Waals surface area (Å²) in [6.07, 6.45) is 3.46. The van der Waals surface area contributed by atoms with Crippen LogP contribution in [0.1, 0.15) is 47.7 Å². The van der Waals surface area contributed by atoms with Crippen LogP contribution in [-0.2, 0) is 4.79 Å². The second-order valence-electron chi connectivity index (χ2n) is 7.82. The van der Waals surface area contributed by atoms with Crippen LogP contribution in [0.25, 0.3) is 0 Å². The molecule has 2 aliphatic heterocycles. The second-order valence-corrected chi connectivity index (χ2v) is 7.82. The van der Waals surface area contributed by atoms with E-state index >= 15 is 0 Å². The van der Waals surface area contributed by atoms with Crippen LogP contribution in [0, 0.1) is 13.8 Å². The third kappa shape index (κ3) is 4.26. The number of hydrogen-bond donors (Lipinski definition) is 0. The van der Waals surface area contributed by atoms with E-state index in [-0.39, 0.29) is 11.8 Å². The highest BCUT2D eigenvalue weighted by Crippen LogP contribution is 2.18.